The van der Waals surface area contributed by atoms with E-state index < -0.39 is 5.60 Å². The number of anilines is 1. The minimum atomic E-state index is -0.788. The molecule has 0 radical (unpaired) electrons. The molecule has 0 saturated carbocycles. The lowest BCUT2D eigenvalue weighted by molar-refractivity contribution is -0.154. The number of nitrogens with zero attached hydrogens (tertiary/aromatic N) is 1. The molecule has 1 aliphatic rings. The molecule has 1 heterocycles. The zero-order chi connectivity index (χ0) is 14.8. The van der Waals surface area contributed by atoms with Crippen LogP contribution in [0.1, 0.15) is 13.8 Å². The number of para-hydroxylation sites is 2. The maximum absolute atomic E-state index is 11.8. The zero-order valence-corrected chi connectivity index (χ0v) is 11.5. The van der Waals surface area contributed by atoms with Gasteiger partial charge in [-0.2, -0.15) is 0 Å². The fraction of sp³-hybridized carbons (Fsp3) is 0.429. The average Bonchev–Trinajstić information content (AvgIpc) is 2.33. The molecule has 1 saturated heterocycles. The quantitative estimate of drug-likeness (QED) is 0.846. The fourth-order valence-electron chi connectivity index (χ4n) is 2.07. The molecule has 0 aromatic heterocycles. The first-order valence-electron chi connectivity index (χ1n) is 6.37. The van der Waals surface area contributed by atoms with Gasteiger partial charge in [-0.3, -0.25) is 9.59 Å². The highest BCUT2D eigenvalue weighted by atomic mass is 16.5. The Morgan fingerprint density at radius 2 is 2.05 bits per heavy atom. The van der Waals surface area contributed by atoms with Crippen molar-refractivity contribution in [1.82, 2.24) is 4.90 Å². The minimum Gasteiger partial charge on any atom is -0.482 e. The second kappa shape index (κ2) is 5.50. The lowest BCUT2D eigenvalue weighted by Crippen LogP contribution is -2.62. The number of ether oxygens (including phenoxy) is 1. The van der Waals surface area contributed by atoms with Gasteiger partial charge in [0.25, 0.3) is 5.91 Å². The molecule has 0 aliphatic carbocycles. The van der Waals surface area contributed by atoms with E-state index in [1.807, 2.05) is 0 Å². The van der Waals surface area contributed by atoms with Crippen molar-refractivity contribution >= 4 is 17.5 Å². The van der Waals surface area contributed by atoms with Crippen molar-refractivity contribution in [3.05, 3.63) is 24.3 Å². The topological polar surface area (TPSA) is 78.9 Å². The predicted molar refractivity (Wildman–Crippen MR) is 73.4 cm³/mol. The number of nitrogens with one attached hydrogen (secondary N) is 1. The first-order chi connectivity index (χ1) is 9.37. The summed E-state index contributed by atoms with van der Waals surface area (Å²) in [6.07, 6.45) is 0. The molecule has 1 aromatic carbocycles. The van der Waals surface area contributed by atoms with Gasteiger partial charge in [-0.1, -0.05) is 12.1 Å². The number of likely N-dealkylation sites (tertiary alicyclic amines) is 1. The summed E-state index contributed by atoms with van der Waals surface area (Å²) in [6.45, 7) is 3.62. The second-order valence-corrected chi connectivity index (χ2v) is 5.21. The highest BCUT2D eigenvalue weighted by molar-refractivity contribution is 5.90. The van der Waals surface area contributed by atoms with Crippen LogP contribution >= 0.6 is 0 Å². The van der Waals surface area contributed by atoms with Crippen molar-refractivity contribution in [2.45, 2.75) is 19.4 Å². The summed E-state index contributed by atoms with van der Waals surface area (Å²) >= 11 is 0. The number of hydrogen-bond acceptors (Lipinski definition) is 4. The van der Waals surface area contributed by atoms with Crippen LogP contribution in [0, 0.1) is 0 Å². The monoisotopic (exact) mass is 278 g/mol. The van der Waals surface area contributed by atoms with Gasteiger partial charge in [0.2, 0.25) is 5.91 Å². The standard InChI is InChI=1S/C14H18N2O4/c1-10(17)15-11-5-3-4-6-12(11)20-7-13(18)16-8-14(2,19)9-16/h3-6,19H,7-9H2,1-2H3,(H,15,17). The van der Waals surface area contributed by atoms with Crippen LogP contribution in [0.25, 0.3) is 0 Å². The van der Waals surface area contributed by atoms with Crippen molar-refractivity contribution in [3.63, 3.8) is 0 Å². The maximum Gasteiger partial charge on any atom is 0.260 e. The van der Waals surface area contributed by atoms with Gasteiger partial charge in [0.1, 0.15) is 5.75 Å². The maximum atomic E-state index is 11.8. The van der Waals surface area contributed by atoms with E-state index in [1.165, 1.54) is 11.8 Å². The summed E-state index contributed by atoms with van der Waals surface area (Å²) in [5.74, 6) is 0.0589. The van der Waals surface area contributed by atoms with Gasteiger partial charge in [0.05, 0.1) is 24.4 Å². The number of hydrogen-bond donors (Lipinski definition) is 2. The number of benzene rings is 1. The molecule has 2 rings (SSSR count). The van der Waals surface area contributed by atoms with Crippen molar-refractivity contribution in [3.8, 4) is 5.75 Å². The van der Waals surface area contributed by atoms with Crippen LogP contribution in [0.5, 0.6) is 5.75 Å². The van der Waals surface area contributed by atoms with Crippen molar-refractivity contribution < 1.29 is 19.4 Å². The molecule has 0 spiro atoms. The minimum absolute atomic E-state index is 0.118. The Morgan fingerprint density at radius 3 is 2.65 bits per heavy atom. The van der Waals surface area contributed by atoms with Crippen LogP contribution < -0.4 is 10.1 Å². The molecular weight excluding hydrogens is 260 g/mol. The van der Waals surface area contributed by atoms with Gasteiger partial charge < -0.3 is 20.1 Å². The van der Waals surface area contributed by atoms with E-state index in [4.69, 9.17) is 4.74 Å². The van der Waals surface area contributed by atoms with Gasteiger partial charge in [-0.15, -0.1) is 0 Å². The molecular formula is C14H18N2O4. The van der Waals surface area contributed by atoms with Crippen LogP contribution in [0.4, 0.5) is 5.69 Å². The largest absolute Gasteiger partial charge is 0.482 e. The molecule has 6 nitrogen and oxygen atoms in total. The third-order valence-corrected chi connectivity index (χ3v) is 2.96. The highest BCUT2D eigenvalue weighted by Gasteiger charge is 2.39. The summed E-state index contributed by atoms with van der Waals surface area (Å²) in [6, 6.07) is 6.92. The molecule has 0 unspecified atom stereocenters. The third-order valence-electron chi connectivity index (χ3n) is 2.96. The lowest BCUT2D eigenvalue weighted by Gasteiger charge is -2.44. The van der Waals surface area contributed by atoms with E-state index in [-0.39, 0.29) is 18.4 Å². The molecule has 1 aromatic rings. The summed E-state index contributed by atoms with van der Waals surface area (Å²) in [4.78, 5) is 24.4. The molecule has 6 heteroatoms. The second-order valence-electron chi connectivity index (χ2n) is 5.21. The molecule has 2 N–H and O–H groups in total. The van der Waals surface area contributed by atoms with Crippen LogP contribution in [0.15, 0.2) is 24.3 Å². The molecule has 0 atom stereocenters. The Kier molecular flexibility index (Phi) is 3.94. The van der Waals surface area contributed by atoms with Crippen molar-refractivity contribution in [2.75, 3.05) is 25.0 Å². The average molecular weight is 278 g/mol. The number of amides is 2. The van der Waals surface area contributed by atoms with Gasteiger partial charge in [-0.25, -0.2) is 0 Å². The van der Waals surface area contributed by atoms with Gasteiger partial charge in [0, 0.05) is 6.92 Å². The summed E-state index contributed by atoms with van der Waals surface area (Å²) < 4.78 is 5.44. The lowest BCUT2D eigenvalue weighted by atomic mass is 9.97. The Bertz CT molecular complexity index is 520. The predicted octanol–water partition coefficient (Wildman–Crippen LogP) is 0.617. The van der Waals surface area contributed by atoms with Crippen molar-refractivity contribution in [2.24, 2.45) is 0 Å². The van der Waals surface area contributed by atoms with Crippen LogP contribution in [0.2, 0.25) is 0 Å². The van der Waals surface area contributed by atoms with E-state index >= 15 is 0 Å². The molecule has 1 fully saturated rings. The van der Waals surface area contributed by atoms with E-state index in [0.717, 1.165) is 0 Å². The third kappa shape index (κ3) is 3.48. The van der Waals surface area contributed by atoms with Crippen molar-refractivity contribution in [1.29, 1.82) is 0 Å². The Balaban J connectivity index is 1.91. The molecule has 2 amide bonds. The summed E-state index contributed by atoms with van der Waals surface area (Å²) in [5, 5.41) is 12.2. The van der Waals surface area contributed by atoms with Gasteiger partial charge in [0.15, 0.2) is 6.61 Å². The zero-order valence-electron chi connectivity index (χ0n) is 11.5. The Hall–Kier alpha value is -2.08. The number of β-amino-alcohol motifs (C(OH)–C–C–N with tert-alkyl or cyclic N) is 1. The molecule has 1 aliphatic heterocycles. The van der Waals surface area contributed by atoms with Crippen LogP contribution in [0.3, 0.4) is 0 Å². The van der Waals surface area contributed by atoms with E-state index in [1.54, 1.807) is 31.2 Å². The fourth-order valence-corrected chi connectivity index (χ4v) is 2.07. The Morgan fingerprint density at radius 1 is 1.40 bits per heavy atom. The number of aliphatic hydroxyl groups is 1. The molecule has 108 valence electrons. The van der Waals surface area contributed by atoms with E-state index in [2.05, 4.69) is 5.32 Å². The number of carbonyl (C=O) groups excluding carboxylic acids is 2. The molecule has 0 bridgehead atoms. The number of carbonyl (C=O) groups is 2. The summed E-state index contributed by atoms with van der Waals surface area (Å²) in [5.41, 5.74) is -0.257. The van der Waals surface area contributed by atoms with Crippen LogP contribution in [-0.2, 0) is 9.59 Å². The highest BCUT2D eigenvalue weighted by Crippen LogP contribution is 2.24. The SMILES string of the molecule is CC(=O)Nc1ccccc1OCC(=O)N1CC(C)(O)C1. The first kappa shape index (κ1) is 14.3. The van der Waals surface area contributed by atoms with Gasteiger partial charge in [-0.05, 0) is 19.1 Å². The van der Waals surface area contributed by atoms with Crippen LogP contribution in [-0.4, -0.2) is 47.1 Å². The number of rotatable bonds is 4. The van der Waals surface area contributed by atoms with Gasteiger partial charge >= 0.3 is 0 Å². The summed E-state index contributed by atoms with van der Waals surface area (Å²) in [7, 11) is 0. The van der Waals surface area contributed by atoms with E-state index in [9.17, 15) is 14.7 Å². The smallest absolute Gasteiger partial charge is 0.260 e. The first-order valence-corrected chi connectivity index (χ1v) is 6.37. The molecule has 20 heavy (non-hydrogen) atoms. The normalized spacial score (nSPS) is 16.2. The van der Waals surface area contributed by atoms with E-state index in [0.29, 0.717) is 24.5 Å². The Labute approximate surface area is 117 Å².